The Morgan fingerprint density at radius 2 is 1.89 bits per heavy atom. The van der Waals surface area contributed by atoms with E-state index in [0.29, 0.717) is 32.1 Å². The van der Waals surface area contributed by atoms with Crippen LogP contribution in [-0.4, -0.2) is 84.9 Å². The lowest BCUT2D eigenvalue weighted by atomic mass is 10.0. The zero-order valence-corrected chi connectivity index (χ0v) is 16.4. The fourth-order valence-electron chi connectivity index (χ4n) is 4.57. The van der Waals surface area contributed by atoms with Crippen molar-refractivity contribution in [2.75, 3.05) is 50.8 Å². The molecule has 7 heteroatoms. The molecule has 0 bridgehead atoms. The number of carbonyl (C=O) groups excluding carboxylic acids is 1. The van der Waals surface area contributed by atoms with Gasteiger partial charge in [-0.1, -0.05) is 17.7 Å². The quantitative estimate of drug-likeness (QED) is 0.845. The van der Waals surface area contributed by atoms with Crippen LogP contribution >= 0.6 is 11.6 Å². The van der Waals surface area contributed by atoms with E-state index in [4.69, 9.17) is 16.3 Å². The van der Waals surface area contributed by atoms with Crippen LogP contribution in [0.2, 0.25) is 5.02 Å². The van der Waals surface area contributed by atoms with Crippen LogP contribution in [-0.2, 0) is 9.53 Å². The Balaban J connectivity index is 1.38. The van der Waals surface area contributed by atoms with Gasteiger partial charge in [-0.05, 0) is 37.5 Å². The molecule has 1 aromatic rings. The highest BCUT2D eigenvalue weighted by molar-refractivity contribution is 6.30. The smallest absolute Gasteiger partial charge is 0.240 e. The van der Waals surface area contributed by atoms with Crippen LogP contribution in [0.15, 0.2) is 24.3 Å². The number of ether oxygens (including phenoxy) is 1. The van der Waals surface area contributed by atoms with Crippen molar-refractivity contribution < 1.29 is 14.6 Å². The van der Waals surface area contributed by atoms with Crippen LogP contribution in [0.25, 0.3) is 0 Å². The number of amides is 1. The predicted octanol–water partition coefficient (Wildman–Crippen LogP) is 1.60. The minimum Gasteiger partial charge on any atom is -0.392 e. The Morgan fingerprint density at radius 3 is 2.59 bits per heavy atom. The van der Waals surface area contributed by atoms with Crippen molar-refractivity contribution in [1.29, 1.82) is 0 Å². The van der Waals surface area contributed by atoms with E-state index in [-0.39, 0.29) is 11.9 Å². The Kier molecular flexibility index (Phi) is 5.88. The fourth-order valence-corrected chi connectivity index (χ4v) is 4.75. The van der Waals surface area contributed by atoms with Gasteiger partial charge in [0.1, 0.15) is 0 Å². The number of aliphatic hydroxyl groups is 1. The van der Waals surface area contributed by atoms with Gasteiger partial charge in [0, 0.05) is 62.7 Å². The lowest BCUT2D eigenvalue weighted by molar-refractivity contribution is -0.137. The van der Waals surface area contributed by atoms with E-state index in [9.17, 15) is 9.90 Å². The van der Waals surface area contributed by atoms with E-state index in [1.165, 1.54) is 0 Å². The minimum absolute atomic E-state index is 0.170. The fraction of sp³-hybridized carbons (Fsp3) is 0.650. The Morgan fingerprint density at radius 1 is 1.15 bits per heavy atom. The van der Waals surface area contributed by atoms with Crippen molar-refractivity contribution in [3.63, 3.8) is 0 Å². The molecule has 3 aliphatic heterocycles. The van der Waals surface area contributed by atoms with Gasteiger partial charge >= 0.3 is 0 Å². The average molecular weight is 394 g/mol. The first-order valence-electron chi connectivity index (χ1n) is 9.92. The number of hydrogen-bond donors (Lipinski definition) is 1. The van der Waals surface area contributed by atoms with Gasteiger partial charge in [0.2, 0.25) is 5.91 Å². The highest BCUT2D eigenvalue weighted by atomic mass is 35.5. The summed E-state index contributed by atoms with van der Waals surface area (Å²) >= 11 is 6.10. The van der Waals surface area contributed by atoms with Crippen LogP contribution in [0.3, 0.4) is 0 Å². The van der Waals surface area contributed by atoms with Crippen LogP contribution in [0.4, 0.5) is 5.69 Å². The van der Waals surface area contributed by atoms with E-state index < -0.39 is 6.10 Å². The lowest BCUT2D eigenvalue weighted by Crippen LogP contribution is -2.55. The third kappa shape index (κ3) is 4.24. The van der Waals surface area contributed by atoms with Gasteiger partial charge in [0.15, 0.2) is 0 Å². The number of rotatable bonds is 3. The molecule has 2 atom stereocenters. The third-order valence-electron chi connectivity index (χ3n) is 6.03. The summed E-state index contributed by atoms with van der Waals surface area (Å²) < 4.78 is 5.46. The molecule has 148 valence electrons. The summed E-state index contributed by atoms with van der Waals surface area (Å²) in [4.78, 5) is 19.7. The first-order valence-corrected chi connectivity index (χ1v) is 10.3. The normalized spacial score (nSPS) is 27.9. The second kappa shape index (κ2) is 8.35. The third-order valence-corrected chi connectivity index (χ3v) is 6.26. The number of carbonyl (C=O) groups is 1. The maximum absolute atomic E-state index is 13.2. The minimum atomic E-state index is -0.408. The summed E-state index contributed by atoms with van der Waals surface area (Å²) in [6.45, 7) is 5.12. The lowest BCUT2D eigenvalue weighted by Gasteiger charge is -2.40. The van der Waals surface area contributed by atoms with Crippen molar-refractivity contribution in [2.45, 2.75) is 37.5 Å². The SMILES string of the molecule is O=C([C@@H]1C[C@@H](O)CN1C1CCOCC1)N1CCN(c2cccc(Cl)c2)CC1. The predicted molar refractivity (Wildman–Crippen MR) is 105 cm³/mol. The Hall–Kier alpha value is -1.34. The van der Waals surface area contributed by atoms with Gasteiger partial charge in [0.05, 0.1) is 12.1 Å². The van der Waals surface area contributed by atoms with E-state index in [2.05, 4.69) is 15.9 Å². The number of aliphatic hydroxyl groups excluding tert-OH is 1. The van der Waals surface area contributed by atoms with E-state index in [1.807, 2.05) is 23.1 Å². The van der Waals surface area contributed by atoms with Crippen LogP contribution in [0.1, 0.15) is 19.3 Å². The largest absolute Gasteiger partial charge is 0.392 e. The number of anilines is 1. The number of benzene rings is 1. The molecule has 0 unspecified atom stereocenters. The van der Waals surface area contributed by atoms with Crippen LogP contribution in [0, 0.1) is 0 Å². The number of β-amino-alcohol motifs (C(OH)–C–C–N with tert-alkyl or cyclic N) is 1. The maximum Gasteiger partial charge on any atom is 0.240 e. The molecule has 3 saturated heterocycles. The van der Waals surface area contributed by atoms with Gasteiger partial charge in [-0.3, -0.25) is 9.69 Å². The first-order chi connectivity index (χ1) is 13.1. The standard InChI is InChI=1S/C20H28ClN3O3/c21-15-2-1-3-17(12-15)22-6-8-23(9-7-22)20(26)19-13-18(25)14-24(19)16-4-10-27-11-5-16/h1-3,12,16,18-19,25H,4-11,13-14H2/t18-,19+/m1/s1. The van der Waals surface area contributed by atoms with Gasteiger partial charge < -0.3 is 19.6 Å². The van der Waals surface area contributed by atoms with Crippen molar-refractivity contribution in [3.8, 4) is 0 Å². The van der Waals surface area contributed by atoms with Gasteiger partial charge in [-0.15, -0.1) is 0 Å². The second-order valence-electron chi connectivity index (χ2n) is 7.74. The van der Waals surface area contributed by atoms with Crippen molar-refractivity contribution in [2.24, 2.45) is 0 Å². The summed E-state index contributed by atoms with van der Waals surface area (Å²) in [5, 5.41) is 10.9. The van der Waals surface area contributed by atoms with E-state index in [1.54, 1.807) is 0 Å². The molecule has 4 rings (SSSR count). The number of halogens is 1. The summed E-state index contributed by atoms with van der Waals surface area (Å²) in [6.07, 6.45) is 2.03. The summed E-state index contributed by atoms with van der Waals surface area (Å²) in [6, 6.07) is 8.02. The average Bonchev–Trinajstić information content (AvgIpc) is 3.10. The van der Waals surface area contributed by atoms with Crippen molar-refractivity contribution in [1.82, 2.24) is 9.80 Å². The zero-order chi connectivity index (χ0) is 18.8. The highest BCUT2D eigenvalue weighted by Crippen LogP contribution is 2.28. The number of hydrogen-bond acceptors (Lipinski definition) is 5. The molecule has 3 heterocycles. The molecule has 0 spiro atoms. The van der Waals surface area contributed by atoms with E-state index in [0.717, 1.165) is 49.9 Å². The summed E-state index contributed by atoms with van der Waals surface area (Å²) in [7, 11) is 0. The molecular weight excluding hydrogens is 366 g/mol. The van der Waals surface area contributed by atoms with Gasteiger partial charge in [0.25, 0.3) is 0 Å². The maximum atomic E-state index is 13.2. The number of likely N-dealkylation sites (tertiary alicyclic amines) is 1. The van der Waals surface area contributed by atoms with Crippen LogP contribution < -0.4 is 4.90 Å². The molecule has 1 aromatic carbocycles. The summed E-state index contributed by atoms with van der Waals surface area (Å²) in [5.74, 6) is 0.170. The van der Waals surface area contributed by atoms with Crippen molar-refractivity contribution in [3.05, 3.63) is 29.3 Å². The van der Waals surface area contributed by atoms with E-state index >= 15 is 0 Å². The van der Waals surface area contributed by atoms with Crippen LogP contribution in [0.5, 0.6) is 0 Å². The zero-order valence-electron chi connectivity index (χ0n) is 15.6. The summed E-state index contributed by atoms with van der Waals surface area (Å²) in [5.41, 5.74) is 1.11. The molecule has 0 radical (unpaired) electrons. The van der Waals surface area contributed by atoms with Crippen molar-refractivity contribution >= 4 is 23.2 Å². The topological polar surface area (TPSA) is 56.2 Å². The monoisotopic (exact) mass is 393 g/mol. The first kappa shape index (κ1) is 19.0. The number of nitrogens with zero attached hydrogens (tertiary/aromatic N) is 3. The molecule has 0 saturated carbocycles. The molecular formula is C20H28ClN3O3. The molecule has 0 aromatic heterocycles. The molecule has 6 nitrogen and oxygen atoms in total. The molecule has 1 amide bonds. The molecule has 27 heavy (non-hydrogen) atoms. The molecule has 3 fully saturated rings. The molecule has 0 aliphatic carbocycles. The van der Waals surface area contributed by atoms with Gasteiger partial charge in [-0.2, -0.15) is 0 Å². The Bertz CT molecular complexity index is 660. The second-order valence-corrected chi connectivity index (χ2v) is 8.17. The molecule has 1 N–H and O–H groups in total. The van der Waals surface area contributed by atoms with Gasteiger partial charge in [-0.25, -0.2) is 0 Å². The number of piperazine rings is 1. The molecule has 3 aliphatic rings. The highest BCUT2D eigenvalue weighted by Gasteiger charge is 2.42. The Labute approximate surface area is 165 Å².